The highest BCUT2D eigenvalue weighted by atomic mass is 14.5. The predicted molar refractivity (Wildman–Crippen MR) is 102 cm³/mol. The summed E-state index contributed by atoms with van der Waals surface area (Å²) in [7, 11) is 0. The van der Waals surface area contributed by atoms with Gasteiger partial charge in [-0.1, -0.05) is 92.8 Å². The molecule has 2 fully saturated rings. The topological polar surface area (TPSA) is 0 Å². The van der Waals surface area contributed by atoms with Crippen molar-refractivity contribution in [3.63, 3.8) is 0 Å². The van der Waals surface area contributed by atoms with Gasteiger partial charge in [-0.2, -0.15) is 0 Å². The molecule has 0 bridgehead atoms. The van der Waals surface area contributed by atoms with Crippen molar-refractivity contribution in [2.75, 3.05) is 0 Å². The van der Waals surface area contributed by atoms with E-state index in [1.165, 1.54) is 57.8 Å². The van der Waals surface area contributed by atoms with Crippen molar-refractivity contribution in [3.05, 3.63) is 71.8 Å². The van der Waals surface area contributed by atoms with Crippen LogP contribution in [-0.4, -0.2) is 0 Å². The lowest BCUT2D eigenvalue weighted by molar-refractivity contribution is 0.122. The van der Waals surface area contributed by atoms with Gasteiger partial charge >= 0.3 is 0 Å². The molecule has 0 amide bonds. The van der Waals surface area contributed by atoms with Crippen LogP contribution in [0.3, 0.4) is 0 Å². The Labute approximate surface area is 147 Å². The molecule has 0 heteroatoms. The largest absolute Gasteiger partial charge is 0.0622 e. The second-order valence-corrected chi connectivity index (χ2v) is 7.95. The van der Waals surface area contributed by atoms with Gasteiger partial charge in [0.05, 0.1) is 0 Å². The molecule has 2 atom stereocenters. The zero-order chi connectivity index (χ0) is 16.2. The van der Waals surface area contributed by atoms with Crippen LogP contribution in [0.2, 0.25) is 0 Å². The summed E-state index contributed by atoms with van der Waals surface area (Å²) >= 11 is 0. The van der Waals surface area contributed by atoms with Crippen molar-refractivity contribution in [2.45, 2.75) is 69.1 Å². The Kier molecular flexibility index (Phi) is 4.74. The molecule has 2 unspecified atom stereocenters. The first kappa shape index (κ1) is 15.9. The molecule has 2 aliphatic rings. The Balaban J connectivity index is 1.83. The van der Waals surface area contributed by atoms with Crippen molar-refractivity contribution >= 4 is 0 Å². The molecule has 0 spiro atoms. The van der Waals surface area contributed by atoms with Crippen LogP contribution in [0.15, 0.2) is 60.7 Å². The van der Waals surface area contributed by atoms with Gasteiger partial charge in [0.25, 0.3) is 0 Å². The average Bonchev–Trinajstić information content (AvgIpc) is 2.70. The molecule has 0 aromatic heterocycles. The lowest BCUT2D eigenvalue weighted by Gasteiger charge is -2.51. The number of rotatable bonds is 3. The molecule has 2 aliphatic carbocycles. The molecule has 2 saturated carbocycles. The summed E-state index contributed by atoms with van der Waals surface area (Å²) in [5.74, 6) is 1.55. The molecule has 0 aliphatic heterocycles. The van der Waals surface area contributed by atoms with Crippen LogP contribution >= 0.6 is 0 Å². The summed E-state index contributed by atoms with van der Waals surface area (Å²) in [6.07, 6.45) is 12.7. The summed E-state index contributed by atoms with van der Waals surface area (Å²) in [5.41, 5.74) is 3.55. The molecule has 0 saturated heterocycles. The Hall–Kier alpha value is -1.56. The minimum absolute atomic E-state index is 0.362. The predicted octanol–water partition coefficient (Wildman–Crippen LogP) is 6.86. The van der Waals surface area contributed by atoms with Gasteiger partial charge < -0.3 is 0 Å². The van der Waals surface area contributed by atoms with Crippen molar-refractivity contribution in [2.24, 2.45) is 5.92 Å². The van der Waals surface area contributed by atoms with Crippen molar-refractivity contribution in [3.8, 4) is 0 Å². The summed E-state index contributed by atoms with van der Waals surface area (Å²) in [4.78, 5) is 0. The maximum atomic E-state index is 2.43. The zero-order valence-electron chi connectivity index (χ0n) is 14.8. The molecule has 0 heterocycles. The van der Waals surface area contributed by atoms with Crippen LogP contribution in [-0.2, 0) is 5.41 Å². The van der Waals surface area contributed by atoms with E-state index in [0.29, 0.717) is 11.3 Å². The average molecular weight is 319 g/mol. The lowest BCUT2D eigenvalue weighted by Crippen LogP contribution is -2.44. The smallest absolute Gasteiger partial charge is 0.00498 e. The van der Waals surface area contributed by atoms with Crippen molar-refractivity contribution in [1.82, 2.24) is 0 Å². The second kappa shape index (κ2) is 7.13. The summed E-state index contributed by atoms with van der Waals surface area (Å²) < 4.78 is 0. The van der Waals surface area contributed by atoms with E-state index in [-0.39, 0.29) is 0 Å². The minimum atomic E-state index is 0.362. The van der Waals surface area contributed by atoms with E-state index >= 15 is 0 Å². The summed E-state index contributed by atoms with van der Waals surface area (Å²) in [6, 6.07) is 23.0. The third-order valence-corrected chi connectivity index (χ3v) is 6.80. The van der Waals surface area contributed by atoms with E-state index in [2.05, 4.69) is 60.7 Å². The monoisotopic (exact) mass is 318 g/mol. The number of benzene rings is 2. The molecule has 0 nitrogen and oxygen atoms in total. The fourth-order valence-electron chi connectivity index (χ4n) is 5.78. The first-order valence-electron chi connectivity index (χ1n) is 10.0. The van der Waals surface area contributed by atoms with Gasteiger partial charge in [-0.25, -0.2) is 0 Å². The first-order chi connectivity index (χ1) is 11.9. The van der Waals surface area contributed by atoms with Crippen molar-refractivity contribution < 1.29 is 0 Å². The Bertz CT molecular complexity index is 624. The summed E-state index contributed by atoms with van der Waals surface area (Å²) in [6.45, 7) is 0. The van der Waals surface area contributed by atoms with Crippen molar-refractivity contribution in [1.29, 1.82) is 0 Å². The quantitative estimate of drug-likeness (QED) is 0.579. The Morgan fingerprint density at radius 1 is 0.625 bits per heavy atom. The van der Waals surface area contributed by atoms with Gasteiger partial charge in [-0.15, -0.1) is 0 Å². The van der Waals surface area contributed by atoms with Crippen LogP contribution in [0, 0.1) is 5.92 Å². The highest BCUT2D eigenvalue weighted by molar-refractivity contribution is 5.36. The van der Waals surface area contributed by atoms with Gasteiger partial charge in [0.2, 0.25) is 0 Å². The van der Waals surface area contributed by atoms with Crippen LogP contribution < -0.4 is 0 Å². The molecule has 2 aromatic rings. The standard InChI is InChI=1S/C24H30/c1-4-12-20(13-5-1)23-18-10-11-19-24(23,21-14-6-2-7-15-21)22-16-8-3-9-17-22/h1-2,4-7,12-15,22-23H,3,8-11,16-19H2. The van der Waals surface area contributed by atoms with E-state index in [1.54, 1.807) is 11.1 Å². The van der Waals surface area contributed by atoms with Crippen LogP contribution in [0.1, 0.15) is 74.8 Å². The van der Waals surface area contributed by atoms with E-state index in [0.717, 1.165) is 5.92 Å². The van der Waals surface area contributed by atoms with Crippen LogP contribution in [0.5, 0.6) is 0 Å². The third kappa shape index (κ3) is 2.81. The normalized spacial score (nSPS) is 28.6. The van der Waals surface area contributed by atoms with Gasteiger partial charge in [0.15, 0.2) is 0 Å². The summed E-state index contributed by atoms with van der Waals surface area (Å²) in [5, 5.41) is 0. The molecule has 0 radical (unpaired) electrons. The van der Waals surface area contributed by atoms with E-state index in [9.17, 15) is 0 Å². The first-order valence-corrected chi connectivity index (χ1v) is 10.0. The highest BCUT2D eigenvalue weighted by Crippen LogP contribution is 2.56. The zero-order valence-corrected chi connectivity index (χ0v) is 14.8. The number of hydrogen-bond acceptors (Lipinski definition) is 0. The van der Waals surface area contributed by atoms with Gasteiger partial charge in [0, 0.05) is 5.41 Å². The van der Waals surface area contributed by atoms with E-state index in [1.807, 2.05) is 0 Å². The van der Waals surface area contributed by atoms with Crippen LogP contribution in [0.4, 0.5) is 0 Å². The number of hydrogen-bond donors (Lipinski definition) is 0. The Morgan fingerprint density at radius 3 is 1.96 bits per heavy atom. The maximum absolute atomic E-state index is 2.43. The fourth-order valence-corrected chi connectivity index (χ4v) is 5.78. The van der Waals surface area contributed by atoms with Gasteiger partial charge in [0.1, 0.15) is 0 Å². The van der Waals surface area contributed by atoms with E-state index < -0.39 is 0 Å². The molecule has 4 rings (SSSR count). The maximum Gasteiger partial charge on any atom is 0.00498 e. The van der Waals surface area contributed by atoms with Crippen LogP contribution in [0.25, 0.3) is 0 Å². The minimum Gasteiger partial charge on any atom is -0.0622 e. The molecule has 0 N–H and O–H groups in total. The fraction of sp³-hybridized carbons (Fsp3) is 0.500. The Morgan fingerprint density at radius 2 is 1.25 bits per heavy atom. The molecular formula is C24H30. The lowest BCUT2D eigenvalue weighted by atomic mass is 9.52. The third-order valence-electron chi connectivity index (χ3n) is 6.80. The van der Waals surface area contributed by atoms with Gasteiger partial charge in [-0.3, -0.25) is 0 Å². The molecule has 24 heavy (non-hydrogen) atoms. The van der Waals surface area contributed by atoms with Gasteiger partial charge in [-0.05, 0) is 48.6 Å². The second-order valence-electron chi connectivity index (χ2n) is 7.95. The van der Waals surface area contributed by atoms with E-state index in [4.69, 9.17) is 0 Å². The molecule has 126 valence electrons. The SMILES string of the molecule is c1ccc(C2CCCCC2(c2ccccc2)C2CCCCC2)cc1. The molecular weight excluding hydrogens is 288 g/mol. The molecule has 2 aromatic carbocycles. The highest BCUT2D eigenvalue weighted by Gasteiger charge is 2.48.